The summed E-state index contributed by atoms with van der Waals surface area (Å²) in [5.41, 5.74) is 1.11. The highest BCUT2D eigenvalue weighted by molar-refractivity contribution is 5.94. The van der Waals surface area contributed by atoms with Crippen LogP contribution in [0.3, 0.4) is 0 Å². The van der Waals surface area contributed by atoms with Crippen LogP contribution in [0.25, 0.3) is 0 Å². The molecular weight excluding hydrogens is 330 g/mol. The Hall–Kier alpha value is -1.63. The average molecular weight is 359 g/mol. The van der Waals surface area contributed by atoms with E-state index in [-0.39, 0.29) is 5.91 Å². The van der Waals surface area contributed by atoms with Crippen molar-refractivity contribution < 1.29 is 14.6 Å². The number of carbonyl (C=O) groups is 1. The number of benzene rings is 1. The zero-order chi connectivity index (χ0) is 18.0. The van der Waals surface area contributed by atoms with Crippen molar-refractivity contribution >= 4 is 11.6 Å². The number of carbonyl (C=O) groups excluding carboxylic acids is 1. The molecule has 3 aliphatic rings. The number of β-amino-alcohol motifs (C(OH)–C–C–N with tert-alkyl or cyclic N) is 1. The van der Waals surface area contributed by atoms with Gasteiger partial charge in [0, 0.05) is 50.5 Å². The Kier molecular flexibility index (Phi) is 5.16. The first-order valence-corrected chi connectivity index (χ1v) is 9.80. The van der Waals surface area contributed by atoms with Gasteiger partial charge in [0.2, 0.25) is 0 Å². The van der Waals surface area contributed by atoms with Crippen LogP contribution in [-0.4, -0.2) is 85.4 Å². The third-order valence-electron chi connectivity index (χ3n) is 5.83. The number of likely N-dealkylation sites (tertiary alicyclic amines) is 1. The van der Waals surface area contributed by atoms with Crippen LogP contribution in [0, 0.1) is 0 Å². The van der Waals surface area contributed by atoms with Crippen LogP contribution >= 0.6 is 0 Å². The Bertz CT molecular complexity index is 624. The zero-order valence-electron chi connectivity index (χ0n) is 15.4. The molecule has 142 valence electrons. The van der Waals surface area contributed by atoms with Gasteiger partial charge in [0.15, 0.2) is 0 Å². The lowest BCUT2D eigenvalue weighted by Crippen LogP contribution is -2.49. The maximum absolute atomic E-state index is 12.8. The van der Waals surface area contributed by atoms with E-state index in [4.69, 9.17) is 4.74 Å². The summed E-state index contributed by atoms with van der Waals surface area (Å²) in [6.07, 6.45) is 3.13. The molecule has 4 rings (SSSR count). The van der Waals surface area contributed by atoms with Crippen molar-refractivity contribution in [1.82, 2.24) is 9.80 Å². The molecule has 1 N–H and O–H groups in total. The number of rotatable bonds is 4. The number of ether oxygens (including phenoxy) is 1. The number of anilines is 1. The summed E-state index contributed by atoms with van der Waals surface area (Å²) in [5, 5.41) is 10.9. The molecule has 0 saturated carbocycles. The minimum Gasteiger partial charge on any atom is -0.387 e. The van der Waals surface area contributed by atoms with Gasteiger partial charge in [-0.1, -0.05) is 0 Å². The smallest absolute Gasteiger partial charge is 0.253 e. The molecule has 1 aromatic carbocycles. The molecule has 1 amide bonds. The Morgan fingerprint density at radius 3 is 2.42 bits per heavy atom. The van der Waals surface area contributed by atoms with Crippen LogP contribution in [0.4, 0.5) is 5.69 Å². The summed E-state index contributed by atoms with van der Waals surface area (Å²) in [6.45, 7) is 7.02. The molecule has 0 radical (unpaired) electrons. The molecule has 0 unspecified atom stereocenters. The topological polar surface area (TPSA) is 56.2 Å². The molecule has 1 aromatic rings. The molecule has 1 atom stereocenters. The van der Waals surface area contributed by atoms with E-state index in [2.05, 4.69) is 21.9 Å². The van der Waals surface area contributed by atoms with E-state index in [0.717, 1.165) is 39.4 Å². The average Bonchev–Trinajstić information content (AvgIpc) is 3.32. The van der Waals surface area contributed by atoms with Gasteiger partial charge >= 0.3 is 0 Å². The van der Waals surface area contributed by atoms with E-state index in [1.54, 1.807) is 4.90 Å². The van der Waals surface area contributed by atoms with Gasteiger partial charge in [0.25, 0.3) is 5.91 Å². The number of hydrogen-bond acceptors (Lipinski definition) is 5. The summed E-state index contributed by atoms with van der Waals surface area (Å²) in [6, 6.07) is 7.95. The predicted octanol–water partition coefficient (Wildman–Crippen LogP) is 1.20. The number of morpholine rings is 1. The van der Waals surface area contributed by atoms with Gasteiger partial charge in [-0.15, -0.1) is 0 Å². The van der Waals surface area contributed by atoms with Crippen molar-refractivity contribution in [1.29, 1.82) is 0 Å². The highest BCUT2D eigenvalue weighted by atomic mass is 16.5. The van der Waals surface area contributed by atoms with Crippen LogP contribution in [0.5, 0.6) is 0 Å². The number of nitrogens with zero attached hydrogens (tertiary/aromatic N) is 3. The normalized spacial score (nSPS) is 27.3. The van der Waals surface area contributed by atoms with Gasteiger partial charge in [0.05, 0.1) is 25.4 Å². The summed E-state index contributed by atoms with van der Waals surface area (Å²) in [7, 11) is 0. The number of aliphatic hydroxyl groups is 1. The molecular formula is C20H29N3O3. The van der Waals surface area contributed by atoms with Crippen LogP contribution < -0.4 is 4.90 Å². The lowest BCUT2D eigenvalue weighted by Gasteiger charge is -2.33. The van der Waals surface area contributed by atoms with E-state index in [0.29, 0.717) is 31.6 Å². The van der Waals surface area contributed by atoms with Gasteiger partial charge in [0.1, 0.15) is 0 Å². The quantitative estimate of drug-likeness (QED) is 0.875. The highest BCUT2D eigenvalue weighted by Crippen LogP contribution is 2.26. The molecule has 26 heavy (non-hydrogen) atoms. The second kappa shape index (κ2) is 7.55. The third kappa shape index (κ3) is 3.87. The Labute approximate surface area is 155 Å². The van der Waals surface area contributed by atoms with Crippen molar-refractivity contribution in [2.45, 2.75) is 24.9 Å². The van der Waals surface area contributed by atoms with Gasteiger partial charge < -0.3 is 19.6 Å². The fraction of sp³-hybridized carbons (Fsp3) is 0.650. The van der Waals surface area contributed by atoms with Crippen molar-refractivity contribution in [3.63, 3.8) is 0 Å². The monoisotopic (exact) mass is 359 g/mol. The number of amides is 1. The van der Waals surface area contributed by atoms with Gasteiger partial charge in [-0.25, -0.2) is 0 Å². The summed E-state index contributed by atoms with van der Waals surface area (Å²) < 4.78 is 5.37. The molecule has 3 aliphatic heterocycles. The van der Waals surface area contributed by atoms with E-state index < -0.39 is 5.60 Å². The molecule has 6 nitrogen and oxygen atoms in total. The molecule has 3 heterocycles. The van der Waals surface area contributed by atoms with Crippen LogP contribution in [0.2, 0.25) is 0 Å². The Morgan fingerprint density at radius 2 is 1.73 bits per heavy atom. The molecule has 0 aromatic heterocycles. The summed E-state index contributed by atoms with van der Waals surface area (Å²) >= 11 is 0. The first-order chi connectivity index (χ1) is 12.6. The number of hydrogen-bond donors (Lipinski definition) is 1. The Morgan fingerprint density at radius 1 is 1.04 bits per heavy atom. The highest BCUT2D eigenvalue weighted by Gasteiger charge is 2.39. The van der Waals surface area contributed by atoms with Crippen LogP contribution in [0.15, 0.2) is 24.3 Å². The van der Waals surface area contributed by atoms with Crippen molar-refractivity contribution in [2.75, 3.05) is 63.9 Å². The molecule has 6 heteroatoms. The maximum atomic E-state index is 12.8. The minimum absolute atomic E-state index is 0.0240. The minimum atomic E-state index is -0.803. The molecule has 3 fully saturated rings. The lowest BCUT2D eigenvalue weighted by molar-refractivity contribution is -0.0257. The fourth-order valence-corrected chi connectivity index (χ4v) is 4.31. The lowest BCUT2D eigenvalue weighted by atomic mass is 10.0. The summed E-state index contributed by atoms with van der Waals surface area (Å²) in [5.74, 6) is 0.0240. The zero-order valence-corrected chi connectivity index (χ0v) is 15.4. The van der Waals surface area contributed by atoms with Crippen molar-refractivity contribution in [3.05, 3.63) is 29.8 Å². The van der Waals surface area contributed by atoms with E-state index >= 15 is 0 Å². The van der Waals surface area contributed by atoms with E-state index in [1.165, 1.54) is 18.5 Å². The fourth-order valence-electron chi connectivity index (χ4n) is 4.31. The summed E-state index contributed by atoms with van der Waals surface area (Å²) in [4.78, 5) is 19.2. The Balaban J connectivity index is 1.36. The largest absolute Gasteiger partial charge is 0.387 e. The van der Waals surface area contributed by atoms with Gasteiger partial charge in [-0.2, -0.15) is 0 Å². The van der Waals surface area contributed by atoms with Gasteiger partial charge in [-0.05, 0) is 43.5 Å². The van der Waals surface area contributed by atoms with E-state index in [1.807, 2.05) is 12.1 Å². The van der Waals surface area contributed by atoms with E-state index in [9.17, 15) is 9.90 Å². The SMILES string of the molecule is O=C(c1ccc(N2CCCC2)cc1)N1CC[C@@](O)(CN2CCOCC2)C1. The predicted molar refractivity (Wildman–Crippen MR) is 101 cm³/mol. The molecule has 0 bridgehead atoms. The second-order valence-corrected chi connectivity index (χ2v) is 7.83. The molecule has 0 spiro atoms. The standard InChI is InChI=1S/C20H29N3O3/c24-19(17-3-5-18(6-4-17)22-8-1-2-9-22)23-10-7-20(25,16-23)15-21-11-13-26-14-12-21/h3-6,25H,1-2,7-16H2/t20-/m1/s1. The van der Waals surface area contributed by atoms with Crippen molar-refractivity contribution in [3.8, 4) is 0 Å². The second-order valence-electron chi connectivity index (χ2n) is 7.83. The first-order valence-electron chi connectivity index (χ1n) is 9.80. The van der Waals surface area contributed by atoms with Crippen LogP contribution in [-0.2, 0) is 4.74 Å². The van der Waals surface area contributed by atoms with Crippen molar-refractivity contribution in [2.24, 2.45) is 0 Å². The third-order valence-corrected chi connectivity index (χ3v) is 5.83. The first kappa shape index (κ1) is 17.8. The van der Waals surface area contributed by atoms with Crippen LogP contribution in [0.1, 0.15) is 29.6 Å². The molecule has 0 aliphatic carbocycles. The van der Waals surface area contributed by atoms with Gasteiger partial charge in [-0.3, -0.25) is 9.69 Å². The molecule has 3 saturated heterocycles. The maximum Gasteiger partial charge on any atom is 0.253 e.